The first-order valence-corrected chi connectivity index (χ1v) is 5.80. The molecule has 0 fully saturated rings. The lowest BCUT2D eigenvalue weighted by atomic mass is 10.2. The minimum Gasteiger partial charge on any atom is -0.397 e. The van der Waals surface area contributed by atoms with Crippen molar-refractivity contribution in [2.75, 3.05) is 11.1 Å². The predicted molar refractivity (Wildman–Crippen MR) is 75.9 cm³/mol. The Hall–Kier alpha value is -2.55. The molecule has 1 heterocycles. The van der Waals surface area contributed by atoms with Gasteiger partial charge in [0.05, 0.1) is 11.2 Å². The summed E-state index contributed by atoms with van der Waals surface area (Å²) in [6.45, 7) is 0. The van der Waals surface area contributed by atoms with Crippen LogP contribution in [0.15, 0.2) is 60.7 Å². The second-order valence-corrected chi connectivity index (χ2v) is 4.11. The van der Waals surface area contributed by atoms with Crippen LogP contribution in [0.5, 0.6) is 0 Å². The summed E-state index contributed by atoms with van der Waals surface area (Å²) in [6.07, 6.45) is 0. The van der Waals surface area contributed by atoms with Crippen LogP contribution in [0.25, 0.3) is 10.9 Å². The van der Waals surface area contributed by atoms with E-state index in [-0.39, 0.29) is 0 Å². The SMILES string of the molecule is Nc1cccc2ccc(Nc3ccccc3)nc12. The number of fused-ring (bicyclic) bond motifs is 1. The molecular formula is C15H13N3. The van der Waals surface area contributed by atoms with Gasteiger partial charge >= 0.3 is 0 Å². The zero-order valence-electron chi connectivity index (χ0n) is 9.80. The number of hydrogen-bond donors (Lipinski definition) is 2. The maximum absolute atomic E-state index is 5.93. The van der Waals surface area contributed by atoms with E-state index in [1.807, 2.05) is 60.7 Å². The Morgan fingerprint density at radius 1 is 0.833 bits per heavy atom. The Morgan fingerprint density at radius 3 is 2.50 bits per heavy atom. The number of para-hydroxylation sites is 2. The molecule has 3 aromatic rings. The van der Waals surface area contributed by atoms with Crippen molar-refractivity contribution in [3.05, 3.63) is 60.7 Å². The van der Waals surface area contributed by atoms with Crippen molar-refractivity contribution < 1.29 is 0 Å². The molecule has 0 aliphatic heterocycles. The number of nitrogens with two attached hydrogens (primary N) is 1. The minimum atomic E-state index is 0.698. The molecule has 3 heteroatoms. The molecule has 0 saturated heterocycles. The third-order valence-corrected chi connectivity index (χ3v) is 2.80. The first-order chi connectivity index (χ1) is 8.83. The van der Waals surface area contributed by atoms with E-state index in [4.69, 9.17) is 5.73 Å². The Morgan fingerprint density at radius 2 is 1.67 bits per heavy atom. The van der Waals surface area contributed by atoms with Gasteiger partial charge in [-0.2, -0.15) is 0 Å². The van der Waals surface area contributed by atoms with Gasteiger partial charge in [-0.1, -0.05) is 30.3 Å². The van der Waals surface area contributed by atoms with Gasteiger partial charge in [0.25, 0.3) is 0 Å². The average Bonchev–Trinajstić information content (AvgIpc) is 2.41. The summed E-state index contributed by atoms with van der Waals surface area (Å²) in [5, 5.41) is 4.31. The average molecular weight is 235 g/mol. The summed E-state index contributed by atoms with van der Waals surface area (Å²) < 4.78 is 0. The van der Waals surface area contributed by atoms with Gasteiger partial charge in [-0.3, -0.25) is 0 Å². The van der Waals surface area contributed by atoms with Crippen LogP contribution in [0.2, 0.25) is 0 Å². The van der Waals surface area contributed by atoms with Gasteiger partial charge in [-0.05, 0) is 30.3 Å². The minimum absolute atomic E-state index is 0.698. The topological polar surface area (TPSA) is 50.9 Å². The number of nitrogen functional groups attached to an aromatic ring is 1. The van der Waals surface area contributed by atoms with Gasteiger partial charge in [0.1, 0.15) is 5.82 Å². The van der Waals surface area contributed by atoms with E-state index in [9.17, 15) is 0 Å². The summed E-state index contributed by atoms with van der Waals surface area (Å²) in [5.74, 6) is 0.798. The molecule has 0 unspecified atom stereocenters. The van der Waals surface area contributed by atoms with Crippen LogP contribution in [0, 0.1) is 0 Å². The first-order valence-electron chi connectivity index (χ1n) is 5.80. The Labute approximate surface area is 105 Å². The van der Waals surface area contributed by atoms with E-state index >= 15 is 0 Å². The number of nitrogens with one attached hydrogen (secondary N) is 1. The number of hydrogen-bond acceptors (Lipinski definition) is 3. The van der Waals surface area contributed by atoms with Crippen molar-refractivity contribution in [3.63, 3.8) is 0 Å². The summed E-state index contributed by atoms with van der Waals surface area (Å²) in [5.41, 5.74) is 8.47. The zero-order chi connectivity index (χ0) is 12.4. The number of nitrogens with zero attached hydrogens (tertiary/aromatic N) is 1. The number of pyridine rings is 1. The van der Waals surface area contributed by atoms with Crippen LogP contribution in [-0.4, -0.2) is 4.98 Å². The number of anilines is 3. The smallest absolute Gasteiger partial charge is 0.131 e. The fourth-order valence-electron chi connectivity index (χ4n) is 1.91. The third kappa shape index (κ3) is 1.98. The quantitative estimate of drug-likeness (QED) is 0.668. The molecule has 0 atom stereocenters. The highest BCUT2D eigenvalue weighted by molar-refractivity contribution is 5.90. The van der Waals surface area contributed by atoms with Gasteiger partial charge in [-0.15, -0.1) is 0 Å². The van der Waals surface area contributed by atoms with Crippen molar-refractivity contribution in [2.24, 2.45) is 0 Å². The molecule has 3 N–H and O–H groups in total. The van der Waals surface area contributed by atoms with Gasteiger partial charge in [0, 0.05) is 11.1 Å². The maximum atomic E-state index is 5.93. The van der Waals surface area contributed by atoms with E-state index in [1.54, 1.807) is 0 Å². The Balaban J connectivity index is 2.01. The van der Waals surface area contributed by atoms with Gasteiger partial charge in [-0.25, -0.2) is 4.98 Å². The van der Waals surface area contributed by atoms with Crippen LogP contribution >= 0.6 is 0 Å². The second kappa shape index (κ2) is 4.37. The second-order valence-electron chi connectivity index (χ2n) is 4.11. The highest BCUT2D eigenvalue weighted by Crippen LogP contribution is 2.22. The van der Waals surface area contributed by atoms with Gasteiger partial charge < -0.3 is 11.1 Å². The van der Waals surface area contributed by atoms with Crippen molar-refractivity contribution in [2.45, 2.75) is 0 Å². The van der Waals surface area contributed by atoms with E-state index in [2.05, 4.69) is 10.3 Å². The van der Waals surface area contributed by atoms with E-state index < -0.39 is 0 Å². The molecule has 0 amide bonds. The van der Waals surface area contributed by atoms with Gasteiger partial charge in [0.2, 0.25) is 0 Å². The summed E-state index contributed by atoms with van der Waals surface area (Å²) >= 11 is 0. The lowest BCUT2D eigenvalue weighted by Crippen LogP contribution is -1.95. The summed E-state index contributed by atoms with van der Waals surface area (Å²) in [7, 11) is 0. The van der Waals surface area contributed by atoms with Crippen molar-refractivity contribution >= 4 is 28.1 Å². The molecule has 18 heavy (non-hydrogen) atoms. The molecular weight excluding hydrogens is 222 g/mol. The Kier molecular flexibility index (Phi) is 2.57. The molecule has 0 aliphatic rings. The molecule has 0 spiro atoms. The van der Waals surface area contributed by atoms with E-state index in [0.717, 1.165) is 22.4 Å². The summed E-state index contributed by atoms with van der Waals surface area (Å²) in [4.78, 5) is 4.53. The Bertz CT molecular complexity index is 678. The fourth-order valence-corrected chi connectivity index (χ4v) is 1.91. The van der Waals surface area contributed by atoms with Crippen molar-refractivity contribution in [1.29, 1.82) is 0 Å². The predicted octanol–water partition coefficient (Wildman–Crippen LogP) is 3.56. The molecule has 0 radical (unpaired) electrons. The standard InChI is InChI=1S/C15H13N3/c16-13-8-4-5-11-9-10-14(18-15(11)13)17-12-6-2-1-3-7-12/h1-10H,16H2,(H,17,18). The molecule has 0 saturated carbocycles. The monoisotopic (exact) mass is 235 g/mol. The van der Waals surface area contributed by atoms with Crippen LogP contribution in [0.4, 0.5) is 17.2 Å². The van der Waals surface area contributed by atoms with Crippen molar-refractivity contribution in [3.8, 4) is 0 Å². The fraction of sp³-hybridized carbons (Fsp3) is 0. The largest absolute Gasteiger partial charge is 0.397 e. The molecule has 88 valence electrons. The van der Waals surface area contributed by atoms with Crippen LogP contribution < -0.4 is 11.1 Å². The first kappa shape index (κ1) is 10.6. The lowest BCUT2D eigenvalue weighted by Gasteiger charge is -2.07. The molecule has 0 aliphatic carbocycles. The number of aromatic nitrogens is 1. The van der Waals surface area contributed by atoms with Gasteiger partial charge in [0.15, 0.2) is 0 Å². The lowest BCUT2D eigenvalue weighted by molar-refractivity contribution is 1.37. The molecule has 3 rings (SSSR count). The van der Waals surface area contributed by atoms with Crippen LogP contribution in [-0.2, 0) is 0 Å². The normalized spacial score (nSPS) is 10.4. The maximum Gasteiger partial charge on any atom is 0.131 e. The van der Waals surface area contributed by atoms with Crippen molar-refractivity contribution in [1.82, 2.24) is 4.98 Å². The summed E-state index contributed by atoms with van der Waals surface area (Å²) in [6, 6.07) is 19.7. The molecule has 0 bridgehead atoms. The zero-order valence-corrected chi connectivity index (χ0v) is 9.80. The van der Waals surface area contributed by atoms with Crippen LogP contribution in [0.1, 0.15) is 0 Å². The third-order valence-electron chi connectivity index (χ3n) is 2.80. The molecule has 3 nitrogen and oxygen atoms in total. The highest BCUT2D eigenvalue weighted by Gasteiger charge is 2.01. The highest BCUT2D eigenvalue weighted by atomic mass is 15.0. The van der Waals surface area contributed by atoms with Crippen LogP contribution in [0.3, 0.4) is 0 Å². The number of benzene rings is 2. The molecule has 1 aromatic heterocycles. The van der Waals surface area contributed by atoms with E-state index in [0.29, 0.717) is 5.69 Å². The number of rotatable bonds is 2. The molecule has 2 aromatic carbocycles. The van der Waals surface area contributed by atoms with E-state index in [1.165, 1.54) is 0 Å².